The zero-order chi connectivity index (χ0) is 20.9. The number of nitrogens with zero attached hydrogens (tertiary/aromatic N) is 3. The Labute approximate surface area is 176 Å². The molecule has 7 heteroatoms. The van der Waals surface area contributed by atoms with Gasteiger partial charge in [-0.3, -0.25) is 4.79 Å². The number of hydrogen-bond acceptors (Lipinski definition) is 7. The van der Waals surface area contributed by atoms with Crippen LogP contribution in [-0.2, 0) is 9.53 Å². The van der Waals surface area contributed by atoms with E-state index in [0.717, 1.165) is 41.9 Å². The molecule has 5 rings (SSSR count). The highest BCUT2D eigenvalue weighted by atomic mass is 16.5. The summed E-state index contributed by atoms with van der Waals surface area (Å²) in [7, 11) is 0. The zero-order valence-corrected chi connectivity index (χ0v) is 17.4. The van der Waals surface area contributed by atoms with Crippen LogP contribution in [0, 0.1) is 5.41 Å². The molecule has 30 heavy (non-hydrogen) atoms. The number of nitrogen functional groups attached to an aromatic ring is 1. The van der Waals surface area contributed by atoms with E-state index in [1.165, 1.54) is 0 Å². The molecule has 0 amide bonds. The zero-order valence-electron chi connectivity index (χ0n) is 17.4. The molecular formula is C23H27N5O2. The molecule has 7 nitrogen and oxygen atoms in total. The maximum Gasteiger partial charge on any atom is 0.229 e. The first kappa shape index (κ1) is 19.1. The number of Topliss-reactive ketones (excluding diaryl/α,β-unsaturated/α-hetero) is 1. The Bertz CT molecular complexity index is 1030. The second-order valence-electron chi connectivity index (χ2n) is 9.07. The summed E-state index contributed by atoms with van der Waals surface area (Å²) in [6.45, 7) is 7.05. The molecule has 2 aromatic rings. The molecule has 3 aliphatic rings. The van der Waals surface area contributed by atoms with E-state index in [1.54, 1.807) is 0 Å². The Kier molecular flexibility index (Phi) is 4.50. The number of nitrogens with one attached hydrogen (secondary N) is 1. The van der Waals surface area contributed by atoms with Crippen LogP contribution in [0.5, 0.6) is 0 Å². The van der Waals surface area contributed by atoms with E-state index in [1.807, 2.05) is 30.3 Å². The minimum atomic E-state index is -0.250. The smallest absolute Gasteiger partial charge is 0.229 e. The Morgan fingerprint density at radius 2 is 1.87 bits per heavy atom. The summed E-state index contributed by atoms with van der Waals surface area (Å²) < 4.78 is 5.46. The largest absolute Gasteiger partial charge is 0.383 e. The molecule has 1 fully saturated rings. The Morgan fingerprint density at radius 3 is 2.60 bits per heavy atom. The molecule has 1 saturated heterocycles. The highest BCUT2D eigenvalue weighted by Gasteiger charge is 2.42. The number of carbonyl (C=O) groups excluding carboxylic acids is 1. The Balaban J connectivity index is 1.67. The van der Waals surface area contributed by atoms with E-state index in [0.29, 0.717) is 37.2 Å². The van der Waals surface area contributed by atoms with Gasteiger partial charge in [0.05, 0.1) is 13.2 Å². The van der Waals surface area contributed by atoms with Crippen LogP contribution in [0.2, 0.25) is 0 Å². The number of hydrogen-bond donors (Lipinski definition) is 2. The third kappa shape index (κ3) is 3.23. The van der Waals surface area contributed by atoms with Crippen molar-refractivity contribution < 1.29 is 9.53 Å². The van der Waals surface area contributed by atoms with Crippen LogP contribution in [0.3, 0.4) is 0 Å². The summed E-state index contributed by atoms with van der Waals surface area (Å²) in [5, 5.41) is 3.47. The van der Waals surface area contributed by atoms with Crippen LogP contribution < -0.4 is 16.0 Å². The number of anilines is 3. The van der Waals surface area contributed by atoms with Crippen molar-refractivity contribution in [1.29, 1.82) is 0 Å². The fraction of sp³-hybridized carbons (Fsp3) is 0.435. The van der Waals surface area contributed by atoms with Crippen molar-refractivity contribution in [3.63, 3.8) is 0 Å². The SMILES string of the molecule is CC1(C)CC(=O)C2=C(C1)Nc1nc(N3CCOCC3)nc(N)c1[C@H]2c1ccccc1. The third-order valence-corrected chi connectivity index (χ3v) is 6.16. The molecule has 0 radical (unpaired) electrons. The molecule has 1 aliphatic carbocycles. The van der Waals surface area contributed by atoms with Gasteiger partial charge in [-0.2, -0.15) is 9.97 Å². The minimum absolute atomic E-state index is 0.0900. The topological polar surface area (TPSA) is 93.4 Å². The van der Waals surface area contributed by atoms with E-state index in [9.17, 15) is 4.79 Å². The van der Waals surface area contributed by atoms with Gasteiger partial charge in [-0.15, -0.1) is 0 Å². The lowest BCUT2D eigenvalue weighted by Gasteiger charge is -2.39. The lowest BCUT2D eigenvalue weighted by Crippen LogP contribution is -2.38. The lowest BCUT2D eigenvalue weighted by atomic mass is 9.69. The summed E-state index contributed by atoms with van der Waals surface area (Å²) in [5.41, 5.74) is 10.0. The number of ketones is 1. The summed E-state index contributed by atoms with van der Waals surface area (Å²) >= 11 is 0. The van der Waals surface area contributed by atoms with Gasteiger partial charge in [0.15, 0.2) is 5.78 Å². The number of aromatic nitrogens is 2. The molecule has 0 spiro atoms. The molecule has 0 bridgehead atoms. The number of carbonyl (C=O) groups is 1. The molecule has 3 N–H and O–H groups in total. The maximum absolute atomic E-state index is 13.3. The van der Waals surface area contributed by atoms with Crippen molar-refractivity contribution in [2.75, 3.05) is 42.3 Å². The molecule has 1 aromatic carbocycles. The van der Waals surface area contributed by atoms with Crippen molar-refractivity contribution in [2.45, 2.75) is 32.6 Å². The van der Waals surface area contributed by atoms with Crippen molar-refractivity contribution in [3.8, 4) is 0 Å². The number of benzene rings is 1. The van der Waals surface area contributed by atoms with Gasteiger partial charge < -0.3 is 20.7 Å². The van der Waals surface area contributed by atoms with E-state index in [2.05, 4.69) is 29.0 Å². The number of ether oxygens (including phenoxy) is 1. The standard InChI is InChI=1S/C23H27N5O2/c1-23(2)12-15-18(16(29)13-23)17(14-6-4-3-5-7-14)19-20(24)26-22(27-21(19)25-15)28-8-10-30-11-9-28/h3-7,17H,8-13H2,1-2H3,(H3,24,25,26,27)/t17-/m0/s1. The summed E-state index contributed by atoms with van der Waals surface area (Å²) in [6.07, 6.45) is 1.33. The molecule has 0 unspecified atom stereocenters. The number of allylic oxidation sites excluding steroid dienone is 2. The average Bonchev–Trinajstić information content (AvgIpc) is 2.72. The van der Waals surface area contributed by atoms with Crippen LogP contribution in [0.25, 0.3) is 0 Å². The van der Waals surface area contributed by atoms with Crippen LogP contribution in [-0.4, -0.2) is 42.1 Å². The van der Waals surface area contributed by atoms with Crippen molar-refractivity contribution in [1.82, 2.24) is 9.97 Å². The molecular weight excluding hydrogens is 378 g/mol. The summed E-state index contributed by atoms with van der Waals surface area (Å²) in [6, 6.07) is 10.1. The van der Waals surface area contributed by atoms with Gasteiger partial charge in [-0.25, -0.2) is 0 Å². The first-order chi connectivity index (χ1) is 14.4. The number of fused-ring (bicyclic) bond motifs is 1. The molecule has 0 saturated carbocycles. The van der Waals surface area contributed by atoms with E-state index < -0.39 is 0 Å². The minimum Gasteiger partial charge on any atom is -0.383 e. The fourth-order valence-corrected chi connectivity index (χ4v) is 4.81. The Morgan fingerprint density at radius 1 is 1.13 bits per heavy atom. The molecule has 156 valence electrons. The van der Waals surface area contributed by atoms with Crippen LogP contribution in [0.15, 0.2) is 41.6 Å². The highest BCUT2D eigenvalue weighted by Crippen LogP contribution is 2.50. The quantitative estimate of drug-likeness (QED) is 0.793. The lowest BCUT2D eigenvalue weighted by molar-refractivity contribution is -0.118. The maximum atomic E-state index is 13.3. The fourth-order valence-electron chi connectivity index (χ4n) is 4.81. The van der Waals surface area contributed by atoms with Gasteiger partial charge in [0.1, 0.15) is 11.6 Å². The predicted molar refractivity (Wildman–Crippen MR) is 116 cm³/mol. The van der Waals surface area contributed by atoms with Crippen molar-refractivity contribution >= 4 is 23.4 Å². The van der Waals surface area contributed by atoms with Gasteiger partial charge >= 0.3 is 0 Å². The monoisotopic (exact) mass is 405 g/mol. The third-order valence-electron chi connectivity index (χ3n) is 6.16. The van der Waals surface area contributed by atoms with E-state index in [4.69, 9.17) is 15.5 Å². The summed E-state index contributed by atoms with van der Waals surface area (Å²) in [5.74, 6) is 1.66. The molecule has 1 atom stereocenters. The number of morpholine rings is 1. The van der Waals surface area contributed by atoms with Gasteiger partial charge in [-0.1, -0.05) is 44.2 Å². The second-order valence-corrected chi connectivity index (χ2v) is 9.07. The average molecular weight is 406 g/mol. The molecule has 1 aromatic heterocycles. The Hall–Kier alpha value is -2.93. The van der Waals surface area contributed by atoms with Gasteiger partial charge in [0, 0.05) is 42.3 Å². The van der Waals surface area contributed by atoms with Crippen LogP contribution >= 0.6 is 0 Å². The van der Waals surface area contributed by atoms with Crippen molar-refractivity contribution in [3.05, 3.63) is 52.7 Å². The highest BCUT2D eigenvalue weighted by molar-refractivity contribution is 6.02. The van der Waals surface area contributed by atoms with E-state index >= 15 is 0 Å². The predicted octanol–water partition coefficient (Wildman–Crippen LogP) is 3.10. The van der Waals surface area contributed by atoms with Crippen molar-refractivity contribution in [2.24, 2.45) is 5.41 Å². The summed E-state index contributed by atoms with van der Waals surface area (Å²) in [4.78, 5) is 24.9. The number of nitrogens with two attached hydrogens (primary N) is 1. The molecule has 2 aliphatic heterocycles. The first-order valence-corrected chi connectivity index (χ1v) is 10.5. The van der Waals surface area contributed by atoms with Gasteiger partial charge in [0.25, 0.3) is 0 Å². The van der Waals surface area contributed by atoms with Crippen LogP contribution in [0.4, 0.5) is 17.6 Å². The number of rotatable bonds is 2. The molecule has 3 heterocycles. The van der Waals surface area contributed by atoms with Gasteiger partial charge in [-0.05, 0) is 17.4 Å². The van der Waals surface area contributed by atoms with E-state index in [-0.39, 0.29) is 17.1 Å². The van der Waals surface area contributed by atoms with Crippen LogP contribution in [0.1, 0.15) is 43.7 Å². The normalized spacial score (nSPS) is 22.9. The van der Waals surface area contributed by atoms with Gasteiger partial charge in [0.2, 0.25) is 5.95 Å². The first-order valence-electron chi connectivity index (χ1n) is 10.5. The second kappa shape index (κ2) is 7.09.